The molecule has 0 spiro atoms. The fourth-order valence-electron chi connectivity index (χ4n) is 2.03. The van der Waals surface area contributed by atoms with Crippen LogP contribution >= 0.6 is 23.4 Å². The number of rotatable bonds is 0. The Hall–Kier alpha value is -0.670. The Morgan fingerprint density at radius 2 is 2.27 bits per heavy atom. The first-order valence-electron chi connectivity index (χ1n) is 5.03. The molecule has 0 atom stereocenters. The van der Waals surface area contributed by atoms with Crippen molar-refractivity contribution in [3.63, 3.8) is 0 Å². The Labute approximate surface area is 98.3 Å². The fraction of sp³-hybridized carbons (Fsp3) is 0.364. The van der Waals surface area contributed by atoms with Gasteiger partial charge >= 0.3 is 0 Å². The summed E-state index contributed by atoms with van der Waals surface area (Å²) in [5, 5.41) is 2.07. The highest BCUT2D eigenvalue weighted by molar-refractivity contribution is 8.14. The fourth-order valence-corrected chi connectivity index (χ4v) is 3.14. The average molecular weight is 239 g/mol. The molecule has 15 heavy (non-hydrogen) atoms. The van der Waals surface area contributed by atoms with E-state index >= 15 is 0 Å². The van der Waals surface area contributed by atoms with Crippen LogP contribution in [0.2, 0.25) is 5.02 Å². The Bertz CT molecular complexity index is 431. The van der Waals surface area contributed by atoms with Gasteiger partial charge in [0.05, 0.1) is 6.54 Å². The molecule has 2 nitrogen and oxygen atoms in total. The minimum Gasteiger partial charge on any atom is -0.343 e. The van der Waals surface area contributed by atoms with Crippen LogP contribution in [0.5, 0.6) is 0 Å². The maximum Gasteiger partial charge on any atom is 0.159 e. The largest absolute Gasteiger partial charge is 0.343 e. The van der Waals surface area contributed by atoms with Crippen molar-refractivity contribution in [1.29, 1.82) is 0 Å². The van der Waals surface area contributed by atoms with E-state index in [2.05, 4.69) is 16.0 Å². The molecule has 78 valence electrons. The van der Waals surface area contributed by atoms with E-state index in [4.69, 9.17) is 11.6 Å². The first-order valence-corrected chi connectivity index (χ1v) is 6.39. The van der Waals surface area contributed by atoms with Crippen molar-refractivity contribution in [3.05, 3.63) is 34.3 Å². The van der Waals surface area contributed by atoms with Gasteiger partial charge in [0.1, 0.15) is 0 Å². The quantitative estimate of drug-likeness (QED) is 0.691. The molecule has 0 saturated heterocycles. The SMILES string of the molecule is Clc1cccc2c1CN(C1=NCCS1)C2. The number of halogens is 1. The van der Waals surface area contributed by atoms with E-state index in [-0.39, 0.29) is 0 Å². The summed E-state index contributed by atoms with van der Waals surface area (Å²) in [6.45, 7) is 2.84. The van der Waals surface area contributed by atoms with Crippen LogP contribution in [0.1, 0.15) is 11.1 Å². The number of benzene rings is 1. The molecule has 2 aliphatic heterocycles. The van der Waals surface area contributed by atoms with Crippen molar-refractivity contribution in [2.45, 2.75) is 13.1 Å². The van der Waals surface area contributed by atoms with Crippen LogP contribution in [-0.2, 0) is 13.1 Å². The van der Waals surface area contributed by atoms with Gasteiger partial charge in [0, 0.05) is 23.9 Å². The summed E-state index contributed by atoms with van der Waals surface area (Å²) >= 11 is 8.02. The first kappa shape index (κ1) is 9.55. The lowest BCUT2D eigenvalue weighted by molar-refractivity contribution is 0.456. The molecule has 3 rings (SSSR count). The van der Waals surface area contributed by atoms with Gasteiger partial charge in [-0.1, -0.05) is 35.5 Å². The highest BCUT2D eigenvalue weighted by Gasteiger charge is 2.25. The molecule has 2 heterocycles. The van der Waals surface area contributed by atoms with E-state index in [0.29, 0.717) is 0 Å². The normalized spacial score (nSPS) is 19.3. The summed E-state index contributed by atoms with van der Waals surface area (Å²) in [6, 6.07) is 6.14. The Balaban J connectivity index is 1.89. The number of fused-ring (bicyclic) bond motifs is 1. The Morgan fingerprint density at radius 1 is 1.33 bits per heavy atom. The lowest BCUT2D eigenvalue weighted by atomic mass is 10.1. The zero-order chi connectivity index (χ0) is 10.3. The van der Waals surface area contributed by atoms with E-state index in [9.17, 15) is 0 Å². The second-order valence-electron chi connectivity index (χ2n) is 3.75. The summed E-state index contributed by atoms with van der Waals surface area (Å²) in [5.74, 6) is 1.12. The van der Waals surface area contributed by atoms with Crippen molar-refractivity contribution < 1.29 is 0 Å². The molecule has 0 saturated carbocycles. The highest BCUT2D eigenvalue weighted by atomic mass is 35.5. The lowest BCUT2D eigenvalue weighted by Gasteiger charge is -2.15. The molecule has 0 N–H and O–H groups in total. The highest BCUT2D eigenvalue weighted by Crippen LogP contribution is 2.31. The standard InChI is InChI=1S/C11H11ClN2S/c12-10-3-1-2-8-6-14(7-9(8)10)11-13-4-5-15-11/h1-3H,4-7H2. The Morgan fingerprint density at radius 3 is 3.00 bits per heavy atom. The van der Waals surface area contributed by atoms with E-state index in [1.165, 1.54) is 16.3 Å². The van der Waals surface area contributed by atoms with Crippen molar-refractivity contribution in [3.8, 4) is 0 Å². The topological polar surface area (TPSA) is 15.6 Å². The summed E-state index contributed by atoms with van der Waals surface area (Å²) in [6.07, 6.45) is 0. The molecule has 0 fully saturated rings. The van der Waals surface area contributed by atoms with Gasteiger partial charge in [-0.3, -0.25) is 4.99 Å². The molecule has 4 heteroatoms. The van der Waals surface area contributed by atoms with Gasteiger partial charge < -0.3 is 4.90 Å². The van der Waals surface area contributed by atoms with Crippen molar-refractivity contribution in [1.82, 2.24) is 4.90 Å². The third-order valence-electron chi connectivity index (χ3n) is 2.77. The molecule has 0 aromatic heterocycles. The summed E-state index contributed by atoms with van der Waals surface area (Å²) in [7, 11) is 0. The summed E-state index contributed by atoms with van der Waals surface area (Å²) < 4.78 is 0. The average Bonchev–Trinajstić information content (AvgIpc) is 2.86. The lowest BCUT2D eigenvalue weighted by Crippen LogP contribution is -2.21. The molecule has 0 bridgehead atoms. The number of aliphatic imine (C=N–C) groups is 1. The van der Waals surface area contributed by atoms with Crippen LogP contribution in [-0.4, -0.2) is 22.4 Å². The molecule has 1 aromatic carbocycles. The third-order valence-corrected chi connectivity index (χ3v) is 4.15. The molecule has 1 aromatic rings. The smallest absolute Gasteiger partial charge is 0.159 e. The number of amidine groups is 1. The monoisotopic (exact) mass is 238 g/mol. The van der Waals surface area contributed by atoms with Crippen LogP contribution in [0.4, 0.5) is 0 Å². The van der Waals surface area contributed by atoms with Gasteiger partial charge in [-0.05, 0) is 17.2 Å². The zero-order valence-electron chi connectivity index (χ0n) is 8.24. The van der Waals surface area contributed by atoms with E-state index < -0.39 is 0 Å². The molecule has 2 aliphatic rings. The van der Waals surface area contributed by atoms with E-state index in [1.54, 1.807) is 0 Å². The molecular weight excluding hydrogens is 228 g/mol. The Kier molecular flexibility index (Phi) is 2.37. The van der Waals surface area contributed by atoms with Gasteiger partial charge in [-0.2, -0.15) is 0 Å². The molecule has 0 aliphatic carbocycles. The minimum absolute atomic E-state index is 0.888. The number of nitrogens with zero attached hydrogens (tertiary/aromatic N) is 2. The van der Waals surface area contributed by atoms with Gasteiger partial charge in [0.25, 0.3) is 0 Å². The molecule has 0 radical (unpaired) electrons. The molecule has 0 amide bonds. The second kappa shape index (κ2) is 3.72. The van der Waals surface area contributed by atoms with E-state index in [1.807, 2.05) is 23.9 Å². The number of hydrogen-bond acceptors (Lipinski definition) is 3. The minimum atomic E-state index is 0.888. The maximum absolute atomic E-state index is 6.17. The second-order valence-corrected chi connectivity index (χ2v) is 5.22. The van der Waals surface area contributed by atoms with Crippen LogP contribution in [0.25, 0.3) is 0 Å². The maximum atomic E-state index is 6.17. The molecule has 0 unspecified atom stereocenters. The van der Waals surface area contributed by atoms with Crippen molar-refractivity contribution >= 4 is 28.5 Å². The first-order chi connectivity index (χ1) is 7.34. The summed E-state index contributed by atoms with van der Waals surface area (Å²) in [5.41, 5.74) is 2.62. The third kappa shape index (κ3) is 1.64. The predicted molar refractivity (Wildman–Crippen MR) is 65.5 cm³/mol. The van der Waals surface area contributed by atoms with E-state index in [0.717, 1.165) is 30.4 Å². The van der Waals surface area contributed by atoms with Crippen molar-refractivity contribution in [2.75, 3.05) is 12.3 Å². The zero-order valence-corrected chi connectivity index (χ0v) is 9.81. The van der Waals surface area contributed by atoms with Crippen molar-refractivity contribution in [2.24, 2.45) is 4.99 Å². The van der Waals surface area contributed by atoms with Gasteiger partial charge in [0.2, 0.25) is 0 Å². The van der Waals surface area contributed by atoms with Gasteiger partial charge in [-0.25, -0.2) is 0 Å². The predicted octanol–water partition coefficient (Wildman–Crippen LogP) is 2.76. The van der Waals surface area contributed by atoms with Crippen LogP contribution in [0.15, 0.2) is 23.2 Å². The van der Waals surface area contributed by atoms with Gasteiger partial charge in [-0.15, -0.1) is 0 Å². The number of hydrogen-bond donors (Lipinski definition) is 0. The summed E-state index contributed by atoms with van der Waals surface area (Å²) in [4.78, 5) is 6.81. The van der Waals surface area contributed by atoms with Crippen LogP contribution in [0, 0.1) is 0 Å². The molecular formula is C11H11ClN2S. The van der Waals surface area contributed by atoms with Crippen LogP contribution < -0.4 is 0 Å². The van der Waals surface area contributed by atoms with Gasteiger partial charge in [0.15, 0.2) is 5.17 Å². The van der Waals surface area contributed by atoms with Crippen LogP contribution in [0.3, 0.4) is 0 Å². The number of thioether (sulfide) groups is 1.